The average Bonchev–Trinajstić information content (AvgIpc) is 2.75. The molecule has 0 saturated heterocycles. The zero-order valence-electron chi connectivity index (χ0n) is 10.7. The van der Waals surface area contributed by atoms with E-state index in [0.717, 1.165) is 30.0 Å². The molecule has 0 spiro atoms. The Kier molecular flexibility index (Phi) is 3.43. The molecule has 4 heteroatoms. The van der Waals surface area contributed by atoms with Crippen LogP contribution in [0.1, 0.15) is 39.1 Å². The van der Waals surface area contributed by atoms with Crippen LogP contribution < -0.4 is 5.73 Å². The van der Waals surface area contributed by atoms with Gasteiger partial charge in [0.05, 0.1) is 6.04 Å². The van der Waals surface area contributed by atoms with Crippen molar-refractivity contribution in [2.24, 2.45) is 11.7 Å². The van der Waals surface area contributed by atoms with Crippen LogP contribution in [0.15, 0.2) is 18.3 Å². The number of hydrogen-bond donors (Lipinski definition) is 1. The van der Waals surface area contributed by atoms with Gasteiger partial charge in [-0.15, -0.1) is 0 Å². The van der Waals surface area contributed by atoms with E-state index in [1.54, 1.807) is 6.20 Å². The number of hydrogen-bond acceptors (Lipinski definition) is 3. The Morgan fingerprint density at radius 3 is 2.82 bits per heavy atom. The van der Waals surface area contributed by atoms with E-state index in [-0.39, 0.29) is 6.04 Å². The highest BCUT2D eigenvalue weighted by Gasteiger charge is 2.20. The van der Waals surface area contributed by atoms with E-state index in [1.807, 2.05) is 12.1 Å². The molecule has 0 amide bonds. The fourth-order valence-electron chi connectivity index (χ4n) is 2.05. The fraction of sp³-hybridized carbons (Fsp3) is 0.538. The number of rotatable bonds is 4. The molecule has 2 aromatic rings. The maximum atomic E-state index is 6.28. The molecule has 17 heavy (non-hydrogen) atoms. The number of imidazole rings is 1. The molecular weight excluding hydrogens is 212 g/mol. The molecule has 0 fully saturated rings. The lowest BCUT2D eigenvalue weighted by Gasteiger charge is -2.18. The maximum absolute atomic E-state index is 6.28. The number of pyridine rings is 1. The lowest BCUT2D eigenvalue weighted by Crippen LogP contribution is -2.22. The molecule has 2 rings (SSSR count). The van der Waals surface area contributed by atoms with Gasteiger partial charge in [-0.2, -0.15) is 0 Å². The second kappa shape index (κ2) is 4.84. The van der Waals surface area contributed by atoms with E-state index in [1.165, 1.54) is 0 Å². The minimum Gasteiger partial charge on any atom is -0.321 e. The standard InChI is InChI=1S/C13H20N4/c1-4-9(3)11(14)13-16-10-7-6-8-15-12(10)17(13)5-2/h6-9,11H,4-5,14H2,1-3H3. The Labute approximate surface area is 102 Å². The molecule has 2 N–H and O–H groups in total. The molecule has 0 saturated carbocycles. The Hall–Kier alpha value is -1.42. The van der Waals surface area contributed by atoms with Gasteiger partial charge in [0.2, 0.25) is 0 Å². The van der Waals surface area contributed by atoms with Gasteiger partial charge in [0.1, 0.15) is 11.3 Å². The second-order valence-electron chi connectivity index (χ2n) is 4.47. The molecule has 2 aromatic heterocycles. The molecule has 92 valence electrons. The monoisotopic (exact) mass is 232 g/mol. The number of nitrogens with two attached hydrogens (primary N) is 1. The van der Waals surface area contributed by atoms with Crippen LogP contribution in [-0.2, 0) is 6.54 Å². The van der Waals surface area contributed by atoms with Crippen LogP contribution >= 0.6 is 0 Å². The van der Waals surface area contributed by atoms with Crippen molar-refractivity contribution in [1.82, 2.24) is 14.5 Å². The minimum absolute atomic E-state index is 0.0193. The van der Waals surface area contributed by atoms with E-state index < -0.39 is 0 Å². The topological polar surface area (TPSA) is 56.7 Å². The largest absolute Gasteiger partial charge is 0.321 e. The second-order valence-corrected chi connectivity index (χ2v) is 4.47. The van der Waals surface area contributed by atoms with Crippen LogP contribution in [-0.4, -0.2) is 14.5 Å². The molecule has 2 heterocycles. The van der Waals surface area contributed by atoms with Crippen LogP contribution in [0.25, 0.3) is 11.2 Å². The highest BCUT2D eigenvalue weighted by molar-refractivity contribution is 5.71. The summed E-state index contributed by atoms with van der Waals surface area (Å²) in [6.07, 6.45) is 2.86. The number of aryl methyl sites for hydroxylation is 1. The van der Waals surface area contributed by atoms with Crippen molar-refractivity contribution in [3.8, 4) is 0 Å². The van der Waals surface area contributed by atoms with Gasteiger partial charge in [0.15, 0.2) is 5.65 Å². The van der Waals surface area contributed by atoms with Crippen LogP contribution in [0.3, 0.4) is 0 Å². The summed E-state index contributed by atoms with van der Waals surface area (Å²) in [4.78, 5) is 9.01. The first-order valence-corrected chi connectivity index (χ1v) is 6.25. The summed E-state index contributed by atoms with van der Waals surface area (Å²) in [5.74, 6) is 1.38. The van der Waals surface area contributed by atoms with Crippen molar-refractivity contribution < 1.29 is 0 Å². The van der Waals surface area contributed by atoms with Crippen LogP contribution in [0.2, 0.25) is 0 Å². The SMILES string of the molecule is CCC(C)C(N)c1nc2cccnc2n1CC. The van der Waals surface area contributed by atoms with Crippen molar-refractivity contribution in [1.29, 1.82) is 0 Å². The fourth-order valence-corrected chi connectivity index (χ4v) is 2.05. The molecule has 0 radical (unpaired) electrons. The van der Waals surface area contributed by atoms with Crippen molar-refractivity contribution in [2.75, 3.05) is 0 Å². The summed E-state index contributed by atoms with van der Waals surface area (Å²) < 4.78 is 2.12. The molecule has 0 aromatic carbocycles. The Morgan fingerprint density at radius 2 is 2.18 bits per heavy atom. The maximum Gasteiger partial charge on any atom is 0.160 e. The molecule has 2 atom stereocenters. The van der Waals surface area contributed by atoms with Crippen molar-refractivity contribution in [2.45, 2.75) is 39.8 Å². The highest BCUT2D eigenvalue weighted by Crippen LogP contribution is 2.24. The zero-order valence-corrected chi connectivity index (χ0v) is 10.7. The summed E-state index contributed by atoms with van der Waals surface area (Å²) in [6, 6.07) is 3.88. The van der Waals surface area contributed by atoms with Crippen LogP contribution in [0.4, 0.5) is 0 Å². The molecule has 4 nitrogen and oxygen atoms in total. The van der Waals surface area contributed by atoms with Crippen molar-refractivity contribution >= 4 is 11.2 Å². The molecule has 0 aliphatic heterocycles. The lowest BCUT2D eigenvalue weighted by molar-refractivity contribution is 0.426. The summed E-state index contributed by atoms with van der Waals surface area (Å²) in [5.41, 5.74) is 8.15. The third-order valence-corrected chi connectivity index (χ3v) is 3.40. The van der Waals surface area contributed by atoms with E-state index in [0.29, 0.717) is 5.92 Å². The molecule has 2 unspecified atom stereocenters. The van der Waals surface area contributed by atoms with Gasteiger partial charge >= 0.3 is 0 Å². The first kappa shape index (κ1) is 12.0. The Morgan fingerprint density at radius 1 is 1.41 bits per heavy atom. The van der Waals surface area contributed by atoms with E-state index in [4.69, 9.17) is 5.73 Å². The van der Waals surface area contributed by atoms with E-state index in [9.17, 15) is 0 Å². The summed E-state index contributed by atoms with van der Waals surface area (Å²) in [7, 11) is 0. The average molecular weight is 232 g/mol. The van der Waals surface area contributed by atoms with Gasteiger partial charge in [-0.3, -0.25) is 0 Å². The van der Waals surface area contributed by atoms with Gasteiger partial charge in [0, 0.05) is 12.7 Å². The summed E-state index contributed by atoms with van der Waals surface area (Å²) in [5, 5.41) is 0. The predicted molar refractivity (Wildman–Crippen MR) is 69.6 cm³/mol. The van der Waals surface area contributed by atoms with Gasteiger partial charge in [0.25, 0.3) is 0 Å². The third-order valence-electron chi connectivity index (χ3n) is 3.40. The summed E-state index contributed by atoms with van der Waals surface area (Å²) >= 11 is 0. The predicted octanol–water partition coefficient (Wildman–Crippen LogP) is 2.50. The minimum atomic E-state index is -0.0193. The Balaban J connectivity index is 2.53. The van der Waals surface area contributed by atoms with E-state index >= 15 is 0 Å². The Bertz CT molecular complexity index is 503. The van der Waals surface area contributed by atoms with Crippen molar-refractivity contribution in [3.05, 3.63) is 24.2 Å². The third kappa shape index (κ3) is 2.05. The molecule has 0 bridgehead atoms. The number of aromatic nitrogens is 3. The highest BCUT2D eigenvalue weighted by atomic mass is 15.1. The van der Waals surface area contributed by atoms with Crippen LogP contribution in [0.5, 0.6) is 0 Å². The van der Waals surface area contributed by atoms with Gasteiger partial charge in [-0.25, -0.2) is 9.97 Å². The van der Waals surface area contributed by atoms with E-state index in [2.05, 4.69) is 35.3 Å². The van der Waals surface area contributed by atoms with Crippen molar-refractivity contribution in [3.63, 3.8) is 0 Å². The number of nitrogens with zero attached hydrogens (tertiary/aromatic N) is 3. The van der Waals surface area contributed by atoms with Crippen LogP contribution in [0, 0.1) is 5.92 Å². The summed E-state index contributed by atoms with van der Waals surface area (Å²) in [6.45, 7) is 7.27. The smallest absolute Gasteiger partial charge is 0.160 e. The van der Waals surface area contributed by atoms with Gasteiger partial charge in [-0.1, -0.05) is 20.3 Å². The molecule has 0 aliphatic carbocycles. The normalized spacial score (nSPS) is 15.1. The molecule has 0 aliphatic rings. The zero-order chi connectivity index (χ0) is 12.4. The first-order valence-electron chi connectivity index (χ1n) is 6.25. The van der Waals surface area contributed by atoms with Gasteiger partial charge in [-0.05, 0) is 25.0 Å². The molecular formula is C13H20N4. The number of fused-ring (bicyclic) bond motifs is 1. The quantitative estimate of drug-likeness (QED) is 0.881. The lowest BCUT2D eigenvalue weighted by atomic mass is 9.99. The van der Waals surface area contributed by atoms with Gasteiger partial charge < -0.3 is 10.3 Å². The first-order chi connectivity index (χ1) is 8.19.